The molecule has 0 bridgehead atoms. The molecule has 1 fully saturated rings. The van der Waals surface area contributed by atoms with Crippen molar-refractivity contribution in [1.29, 1.82) is 0 Å². The van der Waals surface area contributed by atoms with Gasteiger partial charge in [0.15, 0.2) is 17.5 Å². The molecule has 2 aliphatic heterocycles. The van der Waals surface area contributed by atoms with Gasteiger partial charge in [-0.25, -0.2) is 20.3 Å². The standard InChI is InChI=1S/C30H35ClN6O2.C3H4/c1-5-6-7-20(2)14-28-33-30(34-39-28)24-19-37(18-22-8-9-27(31)32-17-22)26-16-25(21(3)15-23(26)29(24)38)36-12-10-35(4)11-13-36;1-3-2/h5-9,15-17,19,28H,10-14,18H2,1-4H3,(H,33,34);1H,2H3/b6-5-,20-7+;. The van der Waals surface area contributed by atoms with E-state index in [9.17, 15) is 4.79 Å². The summed E-state index contributed by atoms with van der Waals surface area (Å²) >= 11 is 6.04. The van der Waals surface area contributed by atoms with Crippen LogP contribution in [-0.4, -0.2) is 59.7 Å². The minimum absolute atomic E-state index is 0.0693. The molecule has 9 heteroatoms. The molecule has 3 aromatic rings. The van der Waals surface area contributed by atoms with Crippen LogP contribution in [-0.2, 0) is 11.4 Å². The van der Waals surface area contributed by atoms with Crippen molar-refractivity contribution < 1.29 is 4.84 Å². The van der Waals surface area contributed by atoms with Crippen molar-refractivity contribution in [3.8, 4) is 12.3 Å². The summed E-state index contributed by atoms with van der Waals surface area (Å²) in [4.78, 5) is 33.3. The predicted octanol–water partition coefficient (Wildman–Crippen LogP) is 5.32. The first-order chi connectivity index (χ1) is 20.2. The van der Waals surface area contributed by atoms with Gasteiger partial charge in [0.25, 0.3) is 0 Å². The number of terminal acetylenes is 1. The molecule has 0 aliphatic carbocycles. The third kappa shape index (κ3) is 7.48. The van der Waals surface area contributed by atoms with E-state index in [1.807, 2.05) is 50.4 Å². The molecular formula is C33H39ClN6O2. The fraction of sp³-hybridized carbons (Fsp3) is 0.364. The molecule has 42 heavy (non-hydrogen) atoms. The molecule has 8 nitrogen and oxygen atoms in total. The van der Waals surface area contributed by atoms with Crippen LogP contribution >= 0.6 is 11.6 Å². The fourth-order valence-corrected chi connectivity index (χ4v) is 5.17. The normalized spacial score (nSPS) is 17.5. The molecule has 1 aromatic carbocycles. The van der Waals surface area contributed by atoms with Gasteiger partial charge in [0.2, 0.25) is 0 Å². The van der Waals surface area contributed by atoms with Gasteiger partial charge >= 0.3 is 0 Å². The molecule has 0 spiro atoms. The number of aromatic nitrogens is 2. The van der Waals surface area contributed by atoms with Crippen LogP contribution in [0.25, 0.3) is 10.9 Å². The molecule has 0 amide bonds. The molecule has 4 heterocycles. The number of nitrogens with one attached hydrogen (secondary N) is 1. The number of hydroxylamine groups is 1. The zero-order valence-electron chi connectivity index (χ0n) is 25.0. The van der Waals surface area contributed by atoms with Gasteiger partial charge in [-0.2, -0.15) is 0 Å². The van der Waals surface area contributed by atoms with Gasteiger partial charge in [0.05, 0.1) is 11.1 Å². The van der Waals surface area contributed by atoms with Gasteiger partial charge in [-0.1, -0.05) is 41.5 Å². The first kappa shape index (κ1) is 31.0. The average molecular weight is 587 g/mol. The monoisotopic (exact) mass is 586 g/mol. The number of allylic oxidation sites excluding steroid dienone is 3. The van der Waals surface area contributed by atoms with Gasteiger partial charge in [0, 0.05) is 62.6 Å². The number of hydrogen-bond acceptors (Lipinski definition) is 7. The van der Waals surface area contributed by atoms with E-state index in [0.29, 0.717) is 34.9 Å². The number of aliphatic imine (C=N–C) groups is 1. The second-order valence-corrected chi connectivity index (χ2v) is 11.0. The van der Waals surface area contributed by atoms with E-state index in [4.69, 9.17) is 21.4 Å². The summed E-state index contributed by atoms with van der Waals surface area (Å²) in [6, 6.07) is 7.91. The highest BCUT2D eigenvalue weighted by molar-refractivity contribution is 6.29. The summed E-state index contributed by atoms with van der Waals surface area (Å²) in [5.41, 5.74) is 8.58. The minimum Gasteiger partial charge on any atom is -0.369 e. The maximum Gasteiger partial charge on any atom is 0.200 e. The van der Waals surface area contributed by atoms with Crippen molar-refractivity contribution in [2.75, 3.05) is 38.1 Å². The van der Waals surface area contributed by atoms with E-state index in [1.165, 1.54) is 0 Å². The molecule has 2 aromatic heterocycles. The summed E-state index contributed by atoms with van der Waals surface area (Å²) in [5.74, 6) is 2.70. The van der Waals surface area contributed by atoms with Crippen molar-refractivity contribution in [2.24, 2.45) is 4.99 Å². The van der Waals surface area contributed by atoms with E-state index >= 15 is 0 Å². The number of rotatable bonds is 7. The number of halogens is 1. The van der Waals surface area contributed by atoms with Gasteiger partial charge in [-0.05, 0) is 64.1 Å². The molecule has 5 rings (SSSR count). The molecule has 1 unspecified atom stereocenters. The summed E-state index contributed by atoms with van der Waals surface area (Å²) in [7, 11) is 2.15. The van der Waals surface area contributed by atoms with Crippen LogP contribution in [0, 0.1) is 19.3 Å². The maximum atomic E-state index is 13.9. The van der Waals surface area contributed by atoms with Crippen molar-refractivity contribution in [2.45, 2.75) is 46.9 Å². The molecule has 0 radical (unpaired) electrons. The van der Waals surface area contributed by atoms with Gasteiger partial charge in [-0.3, -0.25) is 4.79 Å². The van der Waals surface area contributed by atoms with Gasteiger partial charge in [0.1, 0.15) is 5.15 Å². The smallest absolute Gasteiger partial charge is 0.200 e. The number of anilines is 1. The van der Waals surface area contributed by atoms with Gasteiger partial charge < -0.3 is 14.4 Å². The summed E-state index contributed by atoms with van der Waals surface area (Å²) in [6.45, 7) is 12.2. The lowest BCUT2D eigenvalue weighted by atomic mass is 10.0. The van der Waals surface area contributed by atoms with Crippen LogP contribution < -0.4 is 15.8 Å². The van der Waals surface area contributed by atoms with Crippen molar-refractivity contribution in [3.63, 3.8) is 0 Å². The van der Waals surface area contributed by atoms with Crippen LogP contribution in [0.4, 0.5) is 5.69 Å². The lowest BCUT2D eigenvalue weighted by Gasteiger charge is -2.35. The van der Waals surface area contributed by atoms with Crippen molar-refractivity contribution >= 4 is 34.0 Å². The summed E-state index contributed by atoms with van der Waals surface area (Å²) < 4.78 is 2.10. The van der Waals surface area contributed by atoms with E-state index in [0.717, 1.165) is 54.1 Å². The lowest BCUT2D eigenvalue weighted by Crippen LogP contribution is -2.44. The van der Waals surface area contributed by atoms with Crippen LogP contribution in [0.15, 0.2) is 70.2 Å². The van der Waals surface area contributed by atoms with E-state index in [2.05, 4.69) is 57.2 Å². The Balaban J connectivity index is 0.00000129. The predicted molar refractivity (Wildman–Crippen MR) is 173 cm³/mol. The first-order valence-electron chi connectivity index (χ1n) is 14.1. The Morgan fingerprint density at radius 3 is 2.67 bits per heavy atom. The van der Waals surface area contributed by atoms with Crippen LogP contribution in [0.1, 0.15) is 43.9 Å². The number of pyridine rings is 2. The Hall–Kier alpha value is -3.90. The summed E-state index contributed by atoms with van der Waals surface area (Å²) in [5, 5.41) is 1.10. The zero-order chi connectivity index (χ0) is 30.2. The van der Waals surface area contributed by atoms with Crippen LogP contribution in [0.5, 0.6) is 0 Å². The topological polar surface area (TPSA) is 75.0 Å². The van der Waals surface area contributed by atoms with E-state index < -0.39 is 6.23 Å². The average Bonchev–Trinajstić information content (AvgIpc) is 3.43. The highest BCUT2D eigenvalue weighted by Crippen LogP contribution is 2.28. The number of nitrogens with zero attached hydrogens (tertiary/aromatic N) is 5. The van der Waals surface area contributed by atoms with Crippen molar-refractivity contribution in [3.05, 3.63) is 92.5 Å². The zero-order valence-corrected chi connectivity index (χ0v) is 25.8. The molecule has 1 atom stereocenters. The number of piperazine rings is 1. The Morgan fingerprint density at radius 2 is 2.00 bits per heavy atom. The third-order valence-corrected chi connectivity index (χ3v) is 7.50. The number of benzene rings is 1. The number of aryl methyl sites for hydroxylation is 1. The summed E-state index contributed by atoms with van der Waals surface area (Å²) in [6.07, 6.45) is 14.5. The number of likely N-dealkylation sites (N-methyl/N-ethyl adjacent to an activating group) is 1. The molecular weight excluding hydrogens is 548 g/mol. The Morgan fingerprint density at radius 1 is 1.26 bits per heavy atom. The van der Waals surface area contributed by atoms with E-state index in [-0.39, 0.29) is 5.43 Å². The van der Waals surface area contributed by atoms with Gasteiger partial charge in [-0.15, -0.1) is 12.3 Å². The third-order valence-electron chi connectivity index (χ3n) is 7.27. The SMILES string of the molecule is C#CC.C/C=C\C=C(/C)CC1N=C(c2cn(Cc3ccc(Cl)nc3)c3cc(N4CCN(C)CC4)c(C)cc3c2=O)NO1. The quantitative estimate of drug-likeness (QED) is 0.229. The molecule has 1 saturated heterocycles. The van der Waals surface area contributed by atoms with E-state index in [1.54, 1.807) is 19.2 Å². The largest absolute Gasteiger partial charge is 0.369 e. The minimum atomic E-state index is -0.396. The first-order valence-corrected chi connectivity index (χ1v) is 14.5. The highest BCUT2D eigenvalue weighted by atomic mass is 35.5. The molecule has 2 aliphatic rings. The number of hydrogen-bond donors (Lipinski definition) is 1. The Kier molecular flexibility index (Phi) is 10.6. The lowest BCUT2D eigenvalue weighted by molar-refractivity contribution is 0.0389. The Bertz CT molecular complexity index is 1590. The fourth-order valence-electron chi connectivity index (χ4n) is 5.05. The molecule has 1 N–H and O–H groups in total. The molecule has 0 saturated carbocycles. The second-order valence-electron chi connectivity index (χ2n) is 10.6. The van der Waals surface area contributed by atoms with Crippen molar-refractivity contribution in [1.82, 2.24) is 19.9 Å². The van der Waals surface area contributed by atoms with Crippen LogP contribution in [0.2, 0.25) is 5.15 Å². The number of amidine groups is 1. The maximum absolute atomic E-state index is 13.9. The second kappa shape index (κ2) is 14.3. The number of fused-ring (bicyclic) bond motifs is 1. The Labute approximate surface area is 253 Å². The highest BCUT2D eigenvalue weighted by Gasteiger charge is 2.24. The molecule has 220 valence electrons. The van der Waals surface area contributed by atoms with Crippen LogP contribution in [0.3, 0.4) is 0 Å².